The average molecular weight is 675 g/mol. The van der Waals surface area contributed by atoms with E-state index in [1.807, 2.05) is 6.20 Å². The first-order valence-corrected chi connectivity index (χ1v) is 18.2. The summed E-state index contributed by atoms with van der Waals surface area (Å²) in [6, 6.07) is 48.2. The molecule has 3 heterocycles. The van der Waals surface area contributed by atoms with Gasteiger partial charge in [-0.25, -0.2) is 4.98 Å². The zero-order valence-electron chi connectivity index (χ0n) is 30.6. The van der Waals surface area contributed by atoms with Crippen LogP contribution in [0, 0.1) is 0 Å². The number of hydrogen-bond donors (Lipinski definition) is 1. The van der Waals surface area contributed by atoms with E-state index in [2.05, 4.69) is 185 Å². The summed E-state index contributed by atoms with van der Waals surface area (Å²) >= 11 is 0. The topological polar surface area (TPSA) is 46.5 Å². The molecule has 6 aromatic carbocycles. The number of aromatic nitrogens is 4. The molecule has 0 aliphatic heterocycles. The maximum absolute atomic E-state index is 5.66. The van der Waals surface area contributed by atoms with Gasteiger partial charge in [0.15, 0.2) is 0 Å². The van der Waals surface area contributed by atoms with Gasteiger partial charge in [-0.3, -0.25) is 9.55 Å². The van der Waals surface area contributed by atoms with Gasteiger partial charge in [-0.1, -0.05) is 126 Å². The van der Waals surface area contributed by atoms with E-state index in [0.717, 1.165) is 61.5 Å². The summed E-state index contributed by atoms with van der Waals surface area (Å²) in [6.45, 7) is 13.6. The number of hydrogen-bond acceptors (Lipinski definition) is 2. The number of H-pyrrole nitrogens is 1. The Kier molecular flexibility index (Phi) is 7.24. The molecule has 0 saturated heterocycles. The van der Waals surface area contributed by atoms with E-state index >= 15 is 0 Å². The van der Waals surface area contributed by atoms with Crippen LogP contribution in [0.15, 0.2) is 140 Å². The zero-order valence-corrected chi connectivity index (χ0v) is 30.6. The number of nitrogens with zero attached hydrogens (tertiary/aromatic N) is 3. The third kappa shape index (κ3) is 5.29. The molecule has 254 valence electrons. The Bertz CT molecular complexity index is 2810. The predicted octanol–water partition coefficient (Wildman–Crippen LogP) is 12.8. The first kappa shape index (κ1) is 31.9. The molecule has 0 spiro atoms. The summed E-state index contributed by atoms with van der Waals surface area (Å²) < 4.78 is 2.38. The Balaban J connectivity index is 1.35. The van der Waals surface area contributed by atoms with Crippen LogP contribution in [-0.4, -0.2) is 19.5 Å². The van der Waals surface area contributed by atoms with Gasteiger partial charge < -0.3 is 4.98 Å². The number of imidazole rings is 1. The van der Waals surface area contributed by atoms with Crippen LogP contribution in [0.1, 0.15) is 52.7 Å². The van der Waals surface area contributed by atoms with E-state index < -0.39 is 0 Å². The van der Waals surface area contributed by atoms with Crippen LogP contribution in [0.4, 0.5) is 0 Å². The molecular weight excluding hydrogens is 633 g/mol. The molecule has 0 unspecified atom stereocenters. The number of pyridine rings is 1. The highest BCUT2D eigenvalue weighted by molar-refractivity contribution is 6.12. The van der Waals surface area contributed by atoms with Crippen molar-refractivity contribution in [1.29, 1.82) is 0 Å². The van der Waals surface area contributed by atoms with Crippen molar-refractivity contribution < 1.29 is 0 Å². The number of nitrogens with one attached hydrogen (secondary N) is 1. The van der Waals surface area contributed by atoms with Crippen LogP contribution in [-0.2, 0) is 10.8 Å². The molecule has 52 heavy (non-hydrogen) atoms. The van der Waals surface area contributed by atoms with Gasteiger partial charge in [-0.05, 0) is 81.4 Å². The number of rotatable bonds is 4. The smallest absolute Gasteiger partial charge is 0.147 e. The molecule has 0 amide bonds. The normalized spacial score (nSPS) is 12.4. The summed E-state index contributed by atoms with van der Waals surface area (Å²) in [6.07, 6.45) is 1.93. The van der Waals surface area contributed by atoms with Gasteiger partial charge in [-0.15, -0.1) is 0 Å². The monoisotopic (exact) mass is 674 g/mol. The van der Waals surface area contributed by atoms with Crippen LogP contribution < -0.4 is 0 Å². The lowest BCUT2D eigenvalue weighted by Crippen LogP contribution is -2.11. The van der Waals surface area contributed by atoms with Gasteiger partial charge >= 0.3 is 0 Å². The molecule has 4 heteroatoms. The zero-order chi connectivity index (χ0) is 35.8. The van der Waals surface area contributed by atoms with Crippen molar-refractivity contribution in [2.75, 3.05) is 0 Å². The lowest BCUT2D eigenvalue weighted by molar-refractivity contribution is 0.589. The maximum Gasteiger partial charge on any atom is 0.147 e. The van der Waals surface area contributed by atoms with Crippen LogP contribution >= 0.6 is 0 Å². The molecular formula is C48H42N4. The van der Waals surface area contributed by atoms with Gasteiger partial charge in [-0.2, -0.15) is 0 Å². The SMILES string of the molecule is CC(C)(C)c1ccnc(-c2cccc(-c3cccc4c3nc(-c3cc(C(C)(C)C)cc5c3[nH]c3ccccc35)n4-c3cccc4ccccc34)c2)c1. The van der Waals surface area contributed by atoms with E-state index in [-0.39, 0.29) is 10.8 Å². The van der Waals surface area contributed by atoms with Crippen LogP contribution in [0.25, 0.3) is 83.1 Å². The fourth-order valence-electron chi connectivity index (χ4n) is 7.62. The second kappa shape index (κ2) is 11.8. The fourth-order valence-corrected chi connectivity index (χ4v) is 7.62. The van der Waals surface area contributed by atoms with E-state index in [1.54, 1.807) is 0 Å². The number of para-hydroxylation sites is 2. The Morgan fingerprint density at radius 1 is 0.558 bits per heavy atom. The number of aromatic amines is 1. The predicted molar refractivity (Wildman–Crippen MR) is 219 cm³/mol. The molecule has 4 nitrogen and oxygen atoms in total. The Labute approximate surface area is 304 Å². The van der Waals surface area contributed by atoms with Crippen molar-refractivity contribution >= 4 is 43.6 Å². The van der Waals surface area contributed by atoms with E-state index in [1.165, 1.54) is 32.7 Å². The molecule has 9 rings (SSSR count). The van der Waals surface area contributed by atoms with Crippen molar-refractivity contribution in [3.05, 3.63) is 151 Å². The van der Waals surface area contributed by atoms with E-state index in [4.69, 9.17) is 9.97 Å². The molecule has 3 aromatic heterocycles. The summed E-state index contributed by atoms with van der Waals surface area (Å²) in [5.41, 5.74) is 13.2. The van der Waals surface area contributed by atoms with Crippen LogP contribution in [0.5, 0.6) is 0 Å². The van der Waals surface area contributed by atoms with E-state index in [9.17, 15) is 0 Å². The molecule has 0 aliphatic rings. The standard InChI is InChI=1S/C48H42N4/c1-47(2,3)33-24-25-49-41(29-33)32-17-11-16-31(26-32)36-20-13-23-43-45(36)51-46(52(43)42-22-12-15-30-14-7-8-18-35(30)42)39-28-34(48(4,5)6)27-38-37-19-9-10-21-40(37)50-44(38)39/h7-29,50H,1-6H3. The highest BCUT2D eigenvalue weighted by Crippen LogP contribution is 2.42. The molecule has 0 fully saturated rings. The quantitative estimate of drug-likeness (QED) is 0.202. The third-order valence-electron chi connectivity index (χ3n) is 10.5. The highest BCUT2D eigenvalue weighted by Gasteiger charge is 2.25. The molecule has 0 radical (unpaired) electrons. The second-order valence-corrected chi connectivity index (χ2v) is 16.1. The van der Waals surface area contributed by atoms with Crippen LogP contribution in [0.2, 0.25) is 0 Å². The summed E-state index contributed by atoms with van der Waals surface area (Å²) in [5, 5.41) is 4.82. The lowest BCUT2D eigenvalue weighted by Gasteiger charge is -2.21. The van der Waals surface area contributed by atoms with Gasteiger partial charge in [0.2, 0.25) is 0 Å². The van der Waals surface area contributed by atoms with Crippen molar-refractivity contribution in [2.24, 2.45) is 0 Å². The van der Waals surface area contributed by atoms with Crippen molar-refractivity contribution in [2.45, 2.75) is 52.4 Å². The number of benzene rings is 6. The molecule has 0 saturated carbocycles. The molecule has 1 N–H and O–H groups in total. The first-order chi connectivity index (χ1) is 25.0. The van der Waals surface area contributed by atoms with Gasteiger partial charge in [0.05, 0.1) is 27.9 Å². The Morgan fingerprint density at radius 3 is 2.10 bits per heavy atom. The molecule has 0 bridgehead atoms. The minimum Gasteiger partial charge on any atom is -0.354 e. The lowest BCUT2D eigenvalue weighted by atomic mass is 9.85. The van der Waals surface area contributed by atoms with Crippen molar-refractivity contribution in [1.82, 2.24) is 19.5 Å². The van der Waals surface area contributed by atoms with E-state index in [0.29, 0.717) is 0 Å². The van der Waals surface area contributed by atoms with Gasteiger partial charge in [0, 0.05) is 44.6 Å². The van der Waals surface area contributed by atoms with Gasteiger partial charge in [0.1, 0.15) is 5.82 Å². The minimum atomic E-state index is -0.0679. The Hall–Kier alpha value is -6.00. The average Bonchev–Trinajstić information content (AvgIpc) is 3.72. The highest BCUT2D eigenvalue weighted by atomic mass is 15.1. The first-order valence-electron chi connectivity index (χ1n) is 18.2. The van der Waals surface area contributed by atoms with Crippen molar-refractivity contribution in [3.8, 4) is 39.5 Å². The molecule has 0 atom stereocenters. The van der Waals surface area contributed by atoms with Crippen LogP contribution in [0.3, 0.4) is 0 Å². The van der Waals surface area contributed by atoms with Crippen molar-refractivity contribution in [3.63, 3.8) is 0 Å². The largest absolute Gasteiger partial charge is 0.354 e. The Morgan fingerprint density at radius 2 is 1.27 bits per heavy atom. The summed E-state index contributed by atoms with van der Waals surface area (Å²) in [7, 11) is 0. The minimum absolute atomic E-state index is 0.0342. The molecule has 0 aliphatic carbocycles. The second-order valence-electron chi connectivity index (χ2n) is 16.1. The number of fused-ring (bicyclic) bond motifs is 5. The molecule has 9 aromatic rings. The summed E-state index contributed by atoms with van der Waals surface area (Å²) in [5.74, 6) is 0.914. The van der Waals surface area contributed by atoms with Gasteiger partial charge in [0.25, 0.3) is 0 Å². The summed E-state index contributed by atoms with van der Waals surface area (Å²) in [4.78, 5) is 14.3. The maximum atomic E-state index is 5.66. The third-order valence-corrected chi connectivity index (χ3v) is 10.5. The fraction of sp³-hybridized carbons (Fsp3) is 0.167.